The number of fused-ring (bicyclic) bond motifs is 1. The van der Waals surface area contributed by atoms with E-state index in [0.29, 0.717) is 39.2 Å². The zero-order chi connectivity index (χ0) is 27.6. The summed E-state index contributed by atoms with van der Waals surface area (Å²) in [5.74, 6) is -0.437. The van der Waals surface area contributed by atoms with E-state index in [0.717, 1.165) is 39.0 Å². The van der Waals surface area contributed by atoms with Crippen LogP contribution in [0.1, 0.15) is 39.5 Å². The molecule has 2 N–H and O–H groups in total. The van der Waals surface area contributed by atoms with E-state index in [4.69, 9.17) is 18.7 Å². The van der Waals surface area contributed by atoms with E-state index >= 15 is 0 Å². The van der Waals surface area contributed by atoms with Crippen LogP contribution in [0.5, 0.6) is 11.6 Å². The van der Waals surface area contributed by atoms with Gasteiger partial charge >= 0.3 is 12.1 Å². The van der Waals surface area contributed by atoms with Gasteiger partial charge in [-0.25, -0.2) is 0 Å². The molecule has 0 amide bonds. The zero-order valence-corrected chi connectivity index (χ0v) is 22.0. The fourth-order valence-corrected chi connectivity index (χ4v) is 4.70. The number of alkyl halides is 3. The van der Waals surface area contributed by atoms with Crippen LogP contribution in [0.4, 0.5) is 13.2 Å². The molecule has 38 heavy (non-hydrogen) atoms. The molecular formula is C26H38F3N3O6. The lowest BCUT2D eigenvalue weighted by Crippen LogP contribution is -2.49. The van der Waals surface area contributed by atoms with Crippen molar-refractivity contribution >= 4 is 16.9 Å². The van der Waals surface area contributed by atoms with Crippen LogP contribution in [0.3, 0.4) is 0 Å². The van der Waals surface area contributed by atoms with Crippen molar-refractivity contribution in [3.63, 3.8) is 0 Å². The Morgan fingerprint density at radius 3 is 2.45 bits per heavy atom. The first-order chi connectivity index (χ1) is 18.2. The highest BCUT2D eigenvalue weighted by molar-refractivity contribution is 5.88. The van der Waals surface area contributed by atoms with E-state index in [1.54, 1.807) is 6.07 Å². The quantitative estimate of drug-likeness (QED) is 0.451. The van der Waals surface area contributed by atoms with Crippen molar-refractivity contribution in [2.75, 3.05) is 59.2 Å². The number of carboxylic acids is 1. The maximum absolute atomic E-state index is 12.6. The molecule has 2 aliphatic heterocycles. The fourth-order valence-electron chi connectivity index (χ4n) is 4.70. The van der Waals surface area contributed by atoms with Crippen LogP contribution < -0.4 is 14.8 Å². The van der Waals surface area contributed by atoms with E-state index in [9.17, 15) is 23.1 Å². The summed E-state index contributed by atoms with van der Waals surface area (Å²) in [6, 6.07) is 4.54. The summed E-state index contributed by atoms with van der Waals surface area (Å²) < 4.78 is 59.0. The summed E-state index contributed by atoms with van der Waals surface area (Å²) in [5.41, 5.74) is -0.469. The number of carbonyl (C=O) groups is 1. The molecule has 0 unspecified atom stereocenters. The van der Waals surface area contributed by atoms with Gasteiger partial charge < -0.3 is 34.1 Å². The standard InChI is InChI=1S/C22H27F3N2O6.C4H11N/c23-22(24,25)14-32-16-2-1-3-17-18(16)19(26-33-17)31-12-15-4-8-27(9-5-15)13-21(20(28)29)6-10-30-11-7-21;1-3-5-4-2/h1-3,15H,4-14H2,(H,28,29);5H,3-4H2,1-2H3. The molecule has 0 spiro atoms. The Morgan fingerprint density at radius 2 is 1.87 bits per heavy atom. The van der Waals surface area contributed by atoms with Crippen LogP contribution in [0, 0.1) is 11.3 Å². The number of nitrogens with one attached hydrogen (secondary N) is 1. The molecule has 2 aliphatic rings. The van der Waals surface area contributed by atoms with Gasteiger partial charge in [-0.1, -0.05) is 19.9 Å². The number of carboxylic acid groups (broad SMARTS) is 1. The highest BCUT2D eigenvalue weighted by Crippen LogP contribution is 2.36. The molecule has 214 valence electrons. The minimum Gasteiger partial charge on any atom is -0.483 e. The summed E-state index contributed by atoms with van der Waals surface area (Å²) in [5, 5.41) is 17.0. The predicted molar refractivity (Wildman–Crippen MR) is 135 cm³/mol. The maximum atomic E-state index is 12.6. The minimum absolute atomic E-state index is 0.00586. The topological polar surface area (TPSA) is 106 Å². The molecule has 1 aromatic carbocycles. The Labute approximate surface area is 220 Å². The molecule has 2 aromatic rings. The Hall–Kier alpha value is -2.57. The van der Waals surface area contributed by atoms with Crippen molar-refractivity contribution in [3.05, 3.63) is 18.2 Å². The lowest BCUT2D eigenvalue weighted by molar-refractivity contribution is -0.157. The Bertz CT molecular complexity index is 1000. The van der Waals surface area contributed by atoms with Crippen molar-refractivity contribution in [2.45, 2.75) is 45.7 Å². The number of halogens is 3. The minimum atomic E-state index is -4.46. The van der Waals surface area contributed by atoms with Gasteiger partial charge in [0.05, 0.1) is 12.0 Å². The summed E-state index contributed by atoms with van der Waals surface area (Å²) >= 11 is 0. The molecule has 0 aliphatic carbocycles. The highest BCUT2D eigenvalue weighted by atomic mass is 19.4. The van der Waals surface area contributed by atoms with Gasteiger partial charge in [0.25, 0.3) is 5.88 Å². The SMILES string of the molecule is CCNCC.O=C(O)C1(CN2CCC(COc3noc4cccc(OCC(F)(F)F)c34)CC2)CCOCC1. The number of aromatic nitrogens is 1. The number of likely N-dealkylation sites (tertiary alicyclic amines) is 1. The fraction of sp³-hybridized carbons (Fsp3) is 0.692. The first-order valence-corrected chi connectivity index (χ1v) is 13.1. The van der Waals surface area contributed by atoms with Crippen LogP contribution in [0.25, 0.3) is 11.0 Å². The first-order valence-electron chi connectivity index (χ1n) is 13.1. The predicted octanol–water partition coefficient (Wildman–Crippen LogP) is 4.36. The van der Waals surface area contributed by atoms with Crippen molar-refractivity contribution in [3.8, 4) is 11.6 Å². The Balaban J connectivity index is 0.000000732. The molecule has 4 rings (SSSR count). The second-order valence-corrected chi connectivity index (χ2v) is 9.71. The number of rotatable bonds is 10. The lowest BCUT2D eigenvalue weighted by atomic mass is 9.79. The maximum Gasteiger partial charge on any atom is 0.422 e. The Morgan fingerprint density at radius 1 is 1.18 bits per heavy atom. The van der Waals surface area contributed by atoms with Crippen LogP contribution in [0.2, 0.25) is 0 Å². The van der Waals surface area contributed by atoms with Crippen molar-refractivity contribution in [1.82, 2.24) is 15.4 Å². The number of nitrogens with zero attached hydrogens (tertiary/aromatic N) is 2. The monoisotopic (exact) mass is 545 g/mol. The van der Waals surface area contributed by atoms with Gasteiger partial charge in [-0.3, -0.25) is 4.79 Å². The molecule has 12 heteroatoms. The number of hydrogen-bond donors (Lipinski definition) is 2. The lowest BCUT2D eigenvalue weighted by Gasteiger charge is -2.40. The molecule has 0 bridgehead atoms. The Kier molecular flexibility index (Phi) is 11.0. The third-order valence-electron chi connectivity index (χ3n) is 6.91. The average Bonchev–Trinajstić information content (AvgIpc) is 3.32. The number of aliphatic carboxylic acids is 1. The summed E-state index contributed by atoms with van der Waals surface area (Å²) in [6.07, 6.45) is -1.79. The van der Waals surface area contributed by atoms with Crippen LogP contribution in [0.15, 0.2) is 22.7 Å². The molecule has 1 aromatic heterocycles. The normalized spacial score (nSPS) is 18.6. The first kappa shape index (κ1) is 30.0. The third kappa shape index (κ3) is 8.47. The molecule has 0 atom stereocenters. The van der Waals surface area contributed by atoms with Crippen molar-refractivity contribution < 1.29 is 41.8 Å². The van der Waals surface area contributed by atoms with E-state index < -0.39 is 24.2 Å². The van der Waals surface area contributed by atoms with Crippen molar-refractivity contribution in [2.24, 2.45) is 11.3 Å². The third-order valence-corrected chi connectivity index (χ3v) is 6.91. The summed E-state index contributed by atoms with van der Waals surface area (Å²) in [4.78, 5) is 14.1. The van der Waals surface area contributed by atoms with Gasteiger partial charge in [0.15, 0.2) is 12.2 Å². The highest BCUT2D eigenvalue weighted by Gasteiger charge is 2.42. The van der Waals surface area contributed by atoms with Gasteiger partial charge in [0.1, 0.15) is 11.1 Å². The number of hydrogen-bond acceptors (Lipinski definition) is 8. The molecule has 2 fully saturated rings. The molecule has 0 radical (unpaired) electrons. The van der Waals surface area contributed by atoms with Crippen LogP contribution in [-0.4, -0.2) is 86.5 Å². The number of benzene rings is 1. The molecule has 0 saturated carbocycles. The van der Waals surface area contributed by atoms with E-state index in [1.807, 2.05) is 0 Å². The van der Waals surface area contributed by atoms with Gasteiger partial charge in [0.2, 0.25) is 0 Å². The zero-order valence-electron chi connectivity index (χ0n) is 22.0. The average molecular weight is 546 g/mol. The van der Waals surface area contributed by atoms with Gasteiger partial charge in [-0.2, -0.15) is 13.2 Å². The summed E-state index contributed by atoms with van der Waals surface area (Å²) in [7, 11) is 0. The molecule has 9 nitrogen and oxygen atoms in total. The van der Waals surface area contributed by atoms with Crippen LogP contribution >= 0.6 is 0 Å². The second kappa shape index (κ2) is 14.0. The van der Waals surface area contributed by atoms with E-state index in [2.05, 4.69) is 29.2 Å². The van der Waals surface area contributed by atoms with Crippen molar-refractivity contribution in [1.29, 1.82) is 0 Å². The van der Waals surface area contributed by atoms with Gasteiger partial charge in [0, 0.05) is 19.8 Å². The van der Waals surface area contributed by atoms with E-state index in [-0.39, 0.29) is 28.5 Å². The number of piperidine rings is 1. The van der Waals surface area contributed by atoms with Crippen LogP contribution in [-0.2, 0) is 9.53 Å². The largest absolute Gasteiger partial charge is 0.483 e. The van der Waals surface area contributed by atoms with Gasteiger partial charge in [-0.15, -0.1) is 0 Å². The molecule has 2 saturated heterocycles. The van der Waals surface area contributed by atoms with E-state index in [1.165, 1.54) is 12.1 Å². The summed E-state index contributed by atoms with van der Waals surface area (Å²) in [6.45, 7) is 8.26. The molecule has 3 heterocycles. The second-order valence-electron chi connectivity index (χ2n) is 9.71. The smallest absolute Gasteiger partial charge is 0.422 e. The number of ether oxygens (including phenoxy) is 3. The molecular weight excluding hydrogens is 507 g/mol. The van der Waals surface area contributed by atoms with Gasteiger partial charge in [-0.05, 0) is 75.1 Å².